The van der Waals surface area contributed by atoms with Crippen LogP contribution in [0.15, 0.2) is 12.4 Å². The van der Waals surface area contributed by atoms with Crippen molar-refractivity contribution in [1.82, 2.24) is 14.7 Å². The van der Waals surface area contributed by atoms with Crippen LogP contribution in [0.25, 0.3) is 0 Å². The molecule has 1 saturated heterocycles. The van der Waals surface area contributed by atoms with Gasteiger partial charge in [0.25, 0.3) is 0 Å². The second-order valence-electron chi connectivity index (χ2n) is 6.02. The lowest BCUT2D eigenvalue weighted by molar-refractivity contribution is 0.158. The first-order valence-corrected chi connectivity index (χ1v) is 7.48. The summed E-state index contributed by atoms with van der Waals surface area (Å²) in [5.41, 5.74) is 1.32. The van der Waals surface area contributed by atoms with Crippen molar-refractivity contribution in [2.75, 3.05) is 26.3 Å². The SMILES string of the molecule is CCn1cc(CN(CC(C)C)C[C@@H]2CCOC2)cn1. The molecule has 0 unspecified atom stereocenters. The average molecular weight is 265 g/mol. The maximum atomic E-state index is 5.49. The Hall–Kier alpha value is -0.870. The van der Waals surface area contributed by atoms with E-state index < -0.39 is 0 Å². The van der Waals surface area contributed by atoms with Gasteiger partial charge in [-0.25, -0.2) is 0 Å². The summed E-state index contributed by atoms with van der Waals surface area (Å²) >= 11 is 0. The minimum Gasteiger partial charge on any atom is -0.381 e. The van der Waals surface area contributed by atoms with Crippen LogP contribution >= 0.6 is 0 Å². The number of aryl methyl sites for hydroxylation is 1. The lowest BCUT2D eigenvalue weighted by Crippen LogP contribution is -2.32. The lowest BCUT2D eigenvalue weighted by atomic mass is 10.1. The number of nitrogens with zero attached hydrogens (tertiary/aromatic N) is 3. The van der Waals surface area contributed by atoms with Gasteiger partial charge in [-0.1, -0.05) is 13.8 Å². The monoisotopic (exact) mass is 265 g/mol. The second-order valence-corrected chi connectivity index (χ2v) is 6.02. The highest BCUT2D eigenvalue weighted by atomic mass is 16.5. The van der Waals surface area contributed by atoms with Crippen LogP contribution in [-0.4, -0.2) is 41.0 Å². The third-order valence-electron chi connectivity index (χ3n) is 3.58. The van der Waals surface area contributed by atoms with Crippen LogP contribution in [0, 0.1) is 11.8 Å². The van der Waals surface area contributed by atoms with Gasteiger partial charge in [-0.2, -0.15) is 5.10 Å². The van der Waals surface area contributed by atoms with Crippen molar-refractivity contribution in [1.29, 1.82) is 0 Å². The van der Waals surface area contributed by atoms with Crippen LogP contribution in [0.5, 0.6) is 0 Å². The standard InChI is InChI=1S/C15H27N3O/c1-4-18-11-15(7-16-18)10-17(8-13(2)3)9-14-5-6-19-12-14/h7,11,13-14H,4-6,8-10,12H2,1-3H3/t14-/m0/s1. The zero-order valence-electron chi connectivity index (χ0n) is 12.5. The maximum absolute atomic E-state index is 5.49. The van der Waals surface area contributed by atoms with E-state index in [2.05, 4.69) is 37.0 Å². The van der Waals surface area contributed by atoms with E-state index in [1.54, 1.807) is 0 Å². The normalized spacial score (nSPS) is 19.7. The van der Waals surface area contributed by atoms with Crippen LogP contribution in [0.2, 0.25) is 0 Å². The van der Waals surface area contributed by atoms with Crippen LogP contribution < -0.4 is 0 Å². The van der Waals surface area contributed by atoms with Crippen molar-refractivity contribution in [3.63, 3.8) is 0 Å². The Labute approximate surface area is 116 Å². The summed E-state index contributed by atoms with van der Waals surface area (Å²) in [6.07, 6.45) is 5.38. The quantitative estimate of drug-likeness (QED) is 0.758. The minimum atomic E-state index is 0.698. The Bertz CT molecular complexity index is 369. The molecule has 1 atom stereocenters. The van der Waals surface area contributed by atoms with Gasteiger partial charge in [0.2, 0.25) is 0 Å². The molecule has 2 heterocycles. The molecule has 1 fully saturated rings. The van der Waals surface area contributed by atoms with Crippen LogP contribution in [0.1, 0.15) is 32.8 Å². The molecule has 0 N–H and O–H groups in total. The molecule has 0 aromatic carbocycles. The van der Waals surface area contributed by atoms with E-state index in [-0.39, 0.29) is 0 Å². The van der Waals surface area contributed by atoms with Gasteiger partial charge in [0.15, 0.2) is 0 Å². The van der Waals surface area contributed by atoms with Crippen molar-refractivity contribution < 1.29 is 4.74 Å². The van der Waals surface area contributed by atoms with Crippen LogP contribution in [0.4, 0.5) is 0 Å². The van der Waals surface area contributed by atoms with E-state index in [1.807, 2.05) is 10.9 Å². The van der Waals surface area contributed by atoms with Crippen molar-refractivity contribution in [3.05, 3.63) is 18.0 Å². The Balaban J connectivity index is 1.91. The molecule has 0 bridgehead atoms. The molecule has 2 rings (SSSR count). The average Bonchev–Trinajstić information content (AvgIpc) is 2.99. The van der Waals surface area contributed by atoms with E-state index >= 15 is 0 Å². The van der Waals surface area contributed by atoms with E-state index in [9.17, 15) is 0 Å². The van der Waals surface area contributed by atoms with E-state index in [0.717, 1.165) is 39.4 Å². The number of aromatic nitrogens is 2. The maximum Gasteiger partial charge on any atom is 0.0534 e. The molecule has 4 nitrogen and oxygen atoms in total. The first-order chi connectivity index (χ1) is 9.17. The molecule has 0 radical (unpaired) electrons. The predicted molar refractivity (Wildman–Crippen MR) is 76.9 cm³/mol. The second kappa shape index (κ2) is 7.06. The third-order valence-corrected chi connectivity index (χ3v) is 3.58. The molecule has 1 aliphatic rings. The molecular formula is C15H27N3O. The Morgan fingerprint density at radius 2 is 2.37 bits per heavy atom. The van der Waals surface area contributed by atoms with Crippen molar-refractivity contribution >= 4 is 0 Å². The van der Waals surface area contributed by atoms with Crippen molar-refractivity contribution in [2.24, 2.45) is 11.8 Å². The molecule has 0 amide bonds. The summed E-state index contributed by atoms with van der Waals surface area (Å²) in [6, 6.07) is 0. The van der Waals surface area contributed by atoms with Gasteiger partial charge in [-0.3, -0.25) is 9.58 Å². The summed E-state index contributed by atoms with van der Waals surface area (Å²) in [6.45, 7) is 12.8. The summed E-state index contributed by atoms with van der Waals surface area (Å²) in [7, 11) is 0. The van der Waals surface area contributed by atoms with Gasteiger partial charge in [-0.05, 0) is 25.2 Å². The largest absolute Gasteiger partial charge is 0.381 e. The first-order valence-electron chi connectivity index (χ1n) is 7.48. The fourth-order valence-electron chi connectivity index (χ4n) is 2.73. The van der Waals surface area contributed by atoms with Gasteiger partial charge in [0, 0.05) is 44.5 Å². The molecule has 0 aliphatic carbocycles. The molecule has 1 aliphatic heterocycles. The number of ether oxygens (including phenoxy) is 1. The molecule has 0 saturated carbocycles. The van der Waals surface area contributed by atoms with Crippen LogP contribution in [-0.2, 0) is 17.8 Å². The number of rotatable bonds is 7. The van der Waals surface area contributed by atoms with Crippen molar-refractivity contribution in [2.45, 2.75) is 40.3 Å². The molecule has 19 heavy (non-hydrogen) atoms. The van der Waals surface area contributed by atoms with Crippen molar-refractivity contribution in [3.8, 4) is 0 Å². The van der Waals surface area contributed by atoms with Gasteiger partial charge < -0.3 is 4.74 Å². The summed E-state index contributed by atoms with van der Waals surface area (Å²) in [5, 5.41) is 4.36. The van der Waals surface area contributed by atoms with Crippen LogP contribution in [0.3, 0.4) is 0 Å². The predicted octanol–water partition coefficient (Wildman–Crippen LogP) is 2.40. The summed E-state index contributed by atoms with van der Waals surface area (Å²) < 4.78 is 7.49. The highest BCUT2D eigenvalue weighted by Gasteiger charge is 2.20. The lowest BCUT2D eigenvalue weighted by Gasteiger charge is -2.26. The smallest absolute Gasteiger partial charge is 0.0534 e. The number of hydrogen-bond donors (Lipinski definition) is 0. The molecular weight excluding hydrogens is 238 g/mol. The zero-order valence-corrected chi connectivity index (χ0v) is 12.5. The first kappa shape index (κ1) is 14.5. The highest BCUT2D eigenvalue weighted by molar-refractivity contribution is 5.03. The molecule has 108 valence electrons. The van der Waals surface area contributed by atoms with Gasteiger partial charge in [-0.15, -0.1) is 0 Å². The highest BCUT2D eigenvalue weighted by Crippen LogP contribution is 2.16. The fraction of sp³-hybridized carbons (Fsp3) is 0.800. The third kappa shape index (κ3) is 4.62. The van der Waals surface area contributed by atoms with Gasteiger partial charge in [0.1, 0.15) is 0 Å². The molecule has 4 heteroatoms. The minimum absolute atomic E-state index is 0.698. The Morgan fingerprint density at radius 3 is 2.95 bits per heavy atom. The van der Waals surface area contributed by atoms with Gasteiger partial charge >= 0.3 is 0 Å². The van der Waals surface area contributed by atoms with Gasteiger partial charge in [0.05, 0.1) is 12.8 Å². The summed E-state index contributed by atoms with van der Waals surface area (Å²) in [5.74, 6) is 1.41. The Morgan fingerprint density at radius 1 is 1.53 bits per heavy atom. The zero-order chi connectivity index (χ0) is 13.7. The molecule has 0 spiro atoms. The topological polar surface area (TPSA) is 30.3 Å². The summed E-state index contributed by atoms with van der Waals surface area (Å²) in [4.78, 5) is 2.56. The Kier molecular flexibility index (Phi) is 5.40. The van der Waals surface area contributed by atoms with E-state index in [4.69, 9.17) is 4.74 Å². The van der Waals surface area contributed by atoms with E-state index in [1.165, 1.54) is 12.0 Å². The van der Waals surface area contributed by atoms with E-state index in [0.29, 0.717) is 11.8 Å². The molecule has 1 aromatic rings. The molecule has 1 aromatic heterocycles. The fourth-order valence-corrected chi connectivity index (χ4v) is 2.73. The number of hydrogen-bond acceptors (Lipinski definition) is 3.